The smallest absolute Gasteiger partial charge is 1.00 e. The third kappa shape index (κ3) is 7.86. The van der Waals surface area contributed by atoms with Crippen LogP contribution < -0.4 is 22.6 Å². The quantitative estimate of drug-likeness (QED) is 0.574. The summed E-state index contributed by atoms with van der Waals surface area (Å²) in [6, 6.07) is 11.0. The fourth-order valence-corrected chi connectivity index (χ4v) is 4.02. The molecule has 0 heterocycles. The maximum atomic E-state index is 12.4. The fourth-order valence-electron chi connectivity index (χ4n) is 4.02. The number of nitrogens with zero attached hydrogens (tertiary/aromatic N) is 2. The van der Waals surface area contributed by atoms with E-state index in [0.29, 0.717) is 11.1 Å². The van der Waals surface area contributed by atoms with E-state index < -0.39 is 0 Å². The summed E-state index contributed by atoms with van der Waals surface area (Å²) in [5.41, 5.74) is 3.46. The molecule has 1 fully saturated rings. The minimum absolute atomic E-state index is 0. The molecule has 2 aromatic rings. The van der Waals surface area contributed by atoms with Crippen molar-refractivity contribution in [3.8, 4) is 11.5 Å². The summed E-state index contributed by atoms with van der Waals surface area (Å²) in [6.45, 7) is 12.8. The number of benzene rings is 2. The van der Waals surface area contributed by atoms with Crippen LogP contribution in [-0.4, -0.2) is 24.5 Å². The number of hydrogen-bond donors (Lipinski definition) is 0. The standard InChI is InChI=1S/C28H38N2O2.ClH.Co/c1-27(2,3)21-11-13-25(31)19(15-21)17-29-23-9-7-8-10-24(23)30-18-20-16-22(28(4,5)6)12-14-26(20)32;;/h11-18,23-24,31-32H,7-10H2,1-6H3;1H;/q;;+3/p-3/t23-,24-;;/m1../s1. The van der Waals surface area contributed by atoms with Gasteiger partial charge in [0.2, 0.25) is 0 Å². The van der Waals surface area contributed by atoms with E-state index in [9.17, 15) is 10.2 Å². The van der Waals surface area contributed by atoms with E-state index in [1.807, 2.05) is 24.3 Å². The van der Waals surface area contributed by atoms with Crippen LogP contribution in [0.5, 0.6) is 11.5 Å². The number of hydrogen-bond acceptors (Lipinski definition) is 4. The fraction of sp³-hybridized carbons (Fsp3) is 0.500. The van der Waals surface area contributed by atoms with Crippen molar-refractivity contribution in [2.75, 3.05) is 0 Å². The topological polar surface area (TPSA) is 70.8 Å². The molecule has 2 aromatic carbocycles. The van der Waals surface area contributed by atoms with Gasteiger partial charge in [-0.1, -0.05) is 90.8 Å². The van der Waals surface area contributed by atoms with Crippen LogP contribution in [-0.2, 0) is 27.6 Å². The minimum atomic E-state index is -0.0222. The molecule has 3 rings (SSSR count). The third-order valence-corrected chi connectivity index (χ3v) is 6.26. The van der Waals surface area contributed by atoms with E-state index >= 15 is 0 Å². The number of rotatable bonds is 4. The van der Waals surface area contributed by atoms with Gasteiger partial charge in [-0.15, -0.1) is 11.5 Å². The van der Waals surface area contributed by atoms with Crippen molar-refractivity contribution >= 4 is 12.4 Å². The summed E-state index contributed by atoms with van der Waals surface area (Å²) < 4.78 is 0. The zero-order chi connectivity index (χ0) is 23.5. The van der Waals surface area contributed by atoms with E-state index in [2.05, 4.69) is 41.5 Å². The molecule has 4 nitrogen and oxygen atoms in total. The summed E-state index contributed by atoms with van der Waals surface area (Å²) in [5.74, 6) is -0.0137. The molecule has 0 unspecified atom stereocenters. The Hall–Kier alpha value is -1.82. The Bertz CT molecular complexity index is 925. The van der Waals surface area contributed by atoms with Crippen LogP contribution in [0.4, 0.5) is 0 Å². The van der Waals surface area contributed by atoms with Gasteiger partial charge in [-0.2, -0.15) is 0 Å². The van der Waals surface area contributed by atoms with Gasteiger partial charge < -0.3 is 22.6 Å². The molecule has 6 heteroatoms. The van der Waals surface area contributed by atoms with Gasteiger partial charge in [-0.05, 0) is 45.9 Å². The molecule has 0 saturated heterocycles. The second kappa shape index (κ2) is 12.2. The van der Waals surface area contributed by atoms with Crippen LogP contribution >= 0.6 is 0 Å². The Morgan fingerprint density at radius 3 is 1.38 bits per heavy atom. The second-order valence-corrected chi connectivity index (χ2v) is 11.0. The van der Waals surface area contributed by atoms with Crippen molar-refractivity contribution in [1.82, 2.24) is 0 Å². The number of halogens is 1. The summed E-state index contributed by atoms with van der Waals surface area (Å²) in [6.07, 6.45) is 7.56. The van der Waals surface area contributed by atoms with Crippen LogP contribution in [0.25, 0.3) is 0 Å². The molecular weight excluding hydrogens is 491 g/mol. The van der Waals surface area contributed by atoms with Crippen molar-refractivity contribution < 1.29 is 39.4 Å². The van der Waals surface area contributed by atoms with Gasteiger partial charge in [0, 0.05) is 12.4 Å². The molecule has 1 saturated carbocycles. The molecule has 0 bridgehead atoms. The van der Waals surface area contributed by atoms with E-state index in [1.165, 1.54) is 0 Å². The van der Waals surface area contributed by atoms with Gasteiger partial charge in [-0.25, -0.2) is 0 Å². The van der Waals surface area contributed by atoms with E-state index in [1.54, 1.807) is 24.6 Å². The van der Waals surface area contributed by atoms with Crippen molar-refractivity contribution in [2.24, 2.45) is 9.98 Å². The molecule has 1 aliphatic rings. The first-order chi connectivity index (χ1) is 14.9. The summed E-state index contributed by atoms with van der Waals surface area (Å²) in [7, 11) is 0. The largest absolute Gasteiger partial charge is 3.00 e. The van der Waals surface area contributed by atoms with Gasteiger partial charge in [0.05, 0.1) is 12.1 Å². The maximum Gasteiger partial charge on any atom is 3.00 e. The molecule has 0 N–H and O–H groups in total. The van der Waals surface area contributed by atoms with Crippen LogP contribution in [0, 0.1) is 0 Å². The molecule has 0 aliphatic heterocycles. The Balaban J connectivity index is 0.00000289. The first kappa shape index (κ1) is 30.2. The SMILES string of the molecule is CC(C)(C)c1ccc([O-])c(C=N[C@@H]2CCCC[C@H]2N=Cc2cc(C(C)(C)C)ccc2[O-])c1.[Cl-].[Co+3]. The Morgan fingerprint density at radius 1 is 0.706 bits per heavy atom. The van der Waals surface area contributed by atoms with Crippen molar-refractivity contribution in [2.45, 2.75) is 90.1 Å². The van der Waals surface area contributed by atoms with Crippen LogP contribution in [0.2, 0.25) is 0 Å². The minimum Gasteiger partial charge on any atom is -1.00 e. The predicted octanol–water partition coefficient (Wildman–Crippen LogP) is 2.28. The Kier molecular flexibility index (Phi) is 10.9. The van der Waals surface area contributed by atoms with Crippen LogP contribution in [0.15, 0.2) is 46.4 Å². The van der Waals surface area contributed by atoms with Gasteiger partial charge in [0.25, 0.3) is 0 Å². The van der Waals surface area contributed by atoms with E-state index in [4.69, 9.17) is 9.98 Å². The van der Waals surface area contributed by atoms with Crippen molar-refractivity contribution in [3.05, 3.63) is 58.7 Å². The van der Waals surface area contributed by atoms with Gasteiger partial charge in [-0.3, -0.25) is 9.98 Å². The average Bonchev–Trinajstić information content (AvgIpc) is 2.71. The molecule has 186 valence electrons. The van der Waals surface area contributed by atoms with E-state index in [0.717, 1.165) is 36.8 Å². The molecular formula is C28H36ClCoN2O2. The van der Waals surface area contributed by atoms with Gasteiger partial charge >= 0.3 is 16.8 Å². The molecule has 1 aliphatic carbocycles. The van der Waals surface area contributed by atoms with E-state index in [-0.39, 0.29) is 63.6 Å². The zero-order valence-electron chi connectivity index (χ0n) is 21.0. The number of aliphatic imine (C=N–C) groups is 2. The van der Waals surface area contributed by atoms with Crippen molar-refractivity contribution in [3.63, 3.8) is 0 Å². The third-order valence-electron chi connectivity index (χ3n) is 6.26. The Morgan fingerprint density at radius 2 is 1.06 bits per heavy atom. The van der Waals surface area contributed by atoms with Gasteiger partial charge in [0.1, 0.15) is 0 Å². The maximum absolute atomic E-state index is 12.4. The predicted molar refractivity (Wildman–Crippen MR) is 130 cm³/mol. The second-order valence-electron chi connectivity index (χ2n) is 11.0. The average molecular weight is 527 g/mol. The molecule has 0 amide bonds. The molecule has 0 spiro atoms. The summed E-state index contributed by atoms with van der Waals surface area (Å²) in [5, 5.41) is 24.7. The summed E-state index contributed by atoms with van der Waals surface area (Å²) >= 11 is 0. The molecule has 34 heavy (non-hydrogen) atoms. The van der Waals surface area contributed by atoms with Crippen LogP contribution in [0.1, 0.15) is 89.5 Å². The first-order valence-corrected chi connectivity index (χ1v) is 11.6. The normalized spacial score (nSPS) is 19.1. The van der Waals surface area contributed by atoms with Crippen LogP contribution in [0.3, 0.4) is 0 Å². The molecule has 2 atom stereocenters. The summed E-state index contributed by atoms with van der Waals surface area (Å²) in [4.78, 5) is 9.59. The van der Waals surface area contributed by atoms with Gasteiger partial charge in [0.15, 0.2) is 0 Å². The first-order valence-electron chi connectivity index (χ1n) is 11.6. The van der Waals surface area contributed by atoms with Crippen molar-refractivity contribution in [1.29, 1.82) is 0 Å². The molecule has 0 aromatic heterocycles. The monoisotopic (exact) mass is 526 g/mol. The Labute approximate surface area is 221 Å². The molecule has 0 radical (unpaired) electrons. The zero-order valence-corrected chi connectivity index (χ0v) is 22.8.